The molecule has 0 aromatic carbocycles. The SMILES string of the molecule is CCCN(Cc1occc1C)C1CCNC1. The van der Waals surface area contributed by atoms with Crippen molar-refractivity contribution in [1.82, 2.24) is 10.2 Å². The van der Waals surface area contributed by atoms with Crippen LogP contribution in [-0.4, -0.2) is 30.6 Å². The quantitative estimate of drug-likeness (QED) is 0.827. The Hall–Kier alpha value is -0.800. The Bertz CT molecular complexity index is 315. The van der Waals surface area contributed by atoms with Gasteiger partial charge in [0.25, 0.3) is 0 Å². The summed E-state index contributed by atoms with van der Waals surface area (Å²) in [5, 5.41) is 3.43. The topological polar surface area (TPSA) is 28.4 Å². The Morgan fingerprint density at radius 3 is 3.00 bits per heavy atom. The van der Waals surface area contributed by atoms with Crippen LogP contribution in [0.25, 0.3) is 0 Å². The molecule has 0 saturated carbocycles. The molecule has 0 radical (unpaired) electrons. The molecule has 1 N–H and O–H groups in total. The first kappa shape index (κ1) is 11.7. The molecule has 1 aromatic rings. The highest BCUT2D eigenvalue weighted by Gasteiger charge is 2.22. The monoisotopic (exact) mass is 222 g/mol. The predicted molar refractivity (Wildman–Crippen MR) is 65.4 cm³/mol. The van der Waals surface area contributed by atoms with E-state index in [-0.39, 0.29) is 0 Å². The van der Waals surface area contributed by atoms with E-state index < -0.39 is 0 Å². The van der Waals surface area contributed by atoms with Gasteiger partial charge in [-0.25, -0.2) is 0 Å². The van der Waals surface area contributed by atoms with Crippen molar-refractivity contribution in [3.63, 3.8) is 0 Å². The van der Waals surface area contributed by atoms with Gasteiger partial charge in [0.15, 0.2) is 0 Å². The van der Waals surface area contributed by atoms with Crippen molar-refractivity contribution in [1.29, 1.82) is 0 Å². The molecule has 1 fully saturated rings. The van der Waals surface area contributed by atoms with Crippen molar-refractivity contribution in [2.75, 3.05) is 19.6 Å². The third-order valence-corrected chi connectivity index (χ3v) is 3.38. The normalized spacial score (nSPS) is 20.8. The van der Waals surface area contributed by atoms with Gasteiger partial charge < -0.3 is 9.73 Å². The first-order valence-corrected chi connectivity index (χ1v) is 6.29. The van der Waals surface area contributed by atoms with E-state index in [1.165, 1.54) is 18.4 Å². The van der Waals surface area contributed by atoms with Gasteiger partial charge in [-0.15, -0.1) is 0 Å². The zero-order chi connectivity index (χ0) is 11.4. The third-order valence-electron chi connectivity index (χ3n) is 3.38. The van der Waals surface area contributed by atoms with E-state index in [9.17, 15) is 0 Å². The Kier molecular flexibility index (Phi) is 4.02. The summed E-state index contributed by atoms with van der Waals surface area (Å²) in [6, 6.07) is 2.73. The lowest BCUT2D eigenvalue weighted by Gasteiger charge is -2.27. The average molecular weight is 222 g/mol. The molecule has 0 bridgehead atoms. The fourth-order valence-corrected chi connectivity index (χ4v) is 2.38. The van der Waals surface area contributed by atoms with Crippen molar-refractivity contribution in [2.24, 2.45) is 0 Å². The van der Waals surface area contributed by atoms with Crippen molar-refractivity contribution in [3.05, 3.63) is 23.7 Å². The highest BCUT2D eigenvalue weighted by molar-refractivity contribution is 5.14. The molecule has 1 aliphatic rings. The molecule has 0 spiro atoms. The van der Waals surface area contributed by atoms with Crippen molar-refractivity contribution < 1.29 is 4.42 Å². The zero-order valence-corrected chi connectivity index (χ0v) is 10.3. The summed E-state index contributed by atoms with van der Waals surface area (Å²) in [6.45, 7) is 8.76. The van der Waals surface area contributed by atoms with Crippen LogP contribution in [-0.2, 0) is 6.54 Å². The molecule has 1 aliphatic heterocycles. The highest BCUT2D eigenvalue weighted by atomic mass is 16.3. The second-order valence-corrected chi connectivity index (χ2v) is 4.64. The van der Waals surface area contributed by atoms with E-state index in [1.807, 2.05) is 6.07 Å². The number of hydrogen-bond donors (Lipinski definition) is 1. The molecule has 2 rings (SSSR count). The fraction of sp³-hybridized carbons (Fsp3) is 0.692. The van der Waals surface area contributed by atoms with Crippen LogP contribution in [0.4, 0.5) is 0 Å². The lowest BCUT2D eigenvalue weighted by atomic mass is 10.2. The van der Waals surface area contributed by atoms with Gasteiger partial charge in [-0.1, -0.05) is 6.92 Å². The number of aryl methyl sites for hydroxylation is 1. The average Bonchev–Trinajstić information content (AvgIpc) is 2.90. The van der Waals surface area contributed by atoms with Gasteiger partial charge in [-0.3, -0.25) is 4.90 Å². The summed E-state index contributed by atoms with van der Waals surface area (Å²) in [5.74, 6) is 1.13. The summed E-state index contributed by atoms with van der Waals surface area (Å²) in [4.78, 5) is 2.55. The van der Waals surface area contributed by atoms with Crippen molar-refractivity contribution in [3.8, 4) is 0 Å². The molecular weight excluding hydrogens is 200 g/mol. The molecule has 0 aliphatic carbocycles. The maximum Gasteiger partial charge on any atom is 0.120 e. The Morgan fingerprint density at radius 1 is 1.56 bits per heavy atom. The molecule has 2 heterocycles. The van der Waals surface area contributed by atoms with E-state index in [0.717, 1.165) is 31.9 Å². The minimum atomic E-state index is 0.685. The molecule has 0 amide bonds. The zero-order valence-electron chi connectivity index (χ0n) is 10.3. The highest BCUT2D eigenvalue weighted by Crippen LogP contribution is 2.17. The molecule has 1 atom stereocenters. The molecule has 16 heavy (non-hydrogen) atoms. The molecule has 1 aromatic heterocycles. The van der Waals surface area contributed by atoms with E-state index in [0.29, 0.717) is 6.04 Å². The number of rotatable bonds is 5. The van der Waals surface area contributed by atoms with Gasteiger partial charge in [-0.2, -0.15) is 0 Å². The standard InChI is InChI=1S/C13H22N2O/c1-3-7-15(12-4-6-14-9-12)10-13-11(2)5-8-16-13/h5,8,12,14H,3-4,6-7,9-10H2,1-2H3. The number of furan rings is 1. The number of nitrogens with one attached hydrogen (secondary N) is 1. The molecular formula is C13H22N2O. The van der Waals surface area contributed by atoms with Gasteiger partial charge in [0.2, 0.25) is 0 Å². The van der Waals surface area contributed by atoms with Gasteiger partial charge in [0.1, 0.15) is 5.76 Å². The van der Waals surface area contributed by atoms with Gasteiger partial charge >= 0.3 is 0 Å². The molecule has 1 saturated heterocycles. The summed E-state index contributed by atoms with van der Waals surface area (Å²) in [7, 11) is 0. The van der Waals surface area contributed by atoms with E-state index in [2.05, 4.69) is 24.1 Å². The maximum absolute atomic E-state index is 5.54. The van der Waals surface area contributed by atoms with Crippen molar-refractivity contribution >= 4 is 0 Å². The van der Waals surface area contributed by atoms with Crippen LogP contribution in [0.3, 0.4) is 0 Å². The molecule has 3 nitrogen and oxygen atoms in total. The first-order chi connectivity index (χ1) is 7.81. The predicted octanol–water partition coefficient (Wildman–Crippen LogP) is 2.16. The second kappa shape index (κ2) is 5.51. The van der Waals surface area contributed by atoms with Gasteiger partial charge in [-0.05, 0) is 44.5 Å². The van der Waals surface area contributed by atoms with Crippen LogP contribution in [0.1, 0.15) is 31.1 Å². The van der Waals surface area contributed by atoms with Crippen LogP contribution in [0.2, 0.25) is 0 Å². The molecule has 3 heteroatoms. The molecule has 1 unspecified atom stereocenters. The fourth-order valence-electron chi connectivity index (χ4n) is 2.38. The van der Waals surface area contributed by atoms with E-state index >= 15 is 0 Å². The third kappa shape index (κ3) is 2.66. The van der Waals surface area contributed by atoms with Crippen LogP contribution in [0, 0.1) is 6.92 Å². The minimum absolute atomic E-state index is 0.685. The van der Waals surface area contributed by atoms with E-state index in [4.69, 9.17) is 4.42 Å². The second-order valence-electron chi connectivity index (χ2n) is 4.64. The molecule has 90 valence electrons. The Morgan fingerprint density at radius 2 is 2.44 bits per heavy atom. The van der Waals surface area contributed by atoms with Gasteiger partial charge in [0, 0.05) is 12.6 Å². The summed E-state index contributed by atoms with van der Waals surface area (Å²) in [5.41, 5.74) is 1.27. The Balaban J connectivity index is 1.99. The lowest BCUT2D eigenvalue weighted by molar-refractivity contribution is 0.184. The lowest BCUT2D eigenvalue weighted by Crippen LogP contribution is -2.36. The summed E-state index contributed by atoms with van der Waals surface area (Å²) < 4.78 is 5.54. The first-order valence-electron chi connectivity index (χ1n) is 6.29. The Labute approximate surface area is 97.8 Å². The van der Waals surface area contributed by atoms with Crippen molar-refractivity contribution in [2.45, 2.75) is 39.3 Å². The number of nitrogens with zero attached hydrogens (tertiary/aromatic N) is 1. The van der Waals surface area contributed by atoms with Gasteiger partial charge in [0.05, 0.1) is 12.8 Å². The van der Waals surface area contributed by atoms with Crippen LogP contribution < -0.4 is 5.32 Å². The smallest absolute Gasteiger partial charge is 0.120 e. The maximum atomic E-state index is 5.54. The summed E-state index contributed by atoms with van der Waals surface area (Å²) in [6.07, 6.45) is 4.26. The van der Waals surface area contributed by atoms with E-state index in [1.54, 1.807) is 6.26 Å². The minimum Gasteiger partial charge on any atom is -0.468 e. The van der Waals surface area contributed by atoms with Crippen LogP contribution in [0.15, 0.2) is 16.7 Å². The van der Waals surface area contributed by atoms with Crippen LogP contribution >= 0.6 is 0 Å². The summed E-state index contributed by atoms with van der Waals surface area (Å²) >= 11 is 0. The largest absolute Gasteiger partial charge is 0.468 e. The number of hydrogen-bond acceptors (Lipinski definition) is 3. The van der Waals surface area contributed by atoms with Crippen LogP contribution in [0.5, 0.6) is 0 Å².